The molecule has 2 rings (SSSR count). The van der Waals surface area contributed by atoms with Gasteiger partial charge in [0.25, 0.3) is 0 Å². The normalized spacial score (nSPS) is 26.8. The van der Waals surface area contributed by atoms with Gasteiger partial charge in [0.1, 0.15) is 5.54 Å². The molecule has 1 atom stereocenters. The summed E-state index contributed by atoms with van der Waals surface area (Å²) >= 11 is 0. The van der Waals surface area contributed by atoms with E-state index in [1.165, 1.54) is 19.3 Å². The number of hydrogen-bond acceptors (Lipinski definition) is 3. The highest BCUT2D eigenvalue weighted by molar-refractivity contribution is 5.17. The highest BCUT2D eigenvalue weighted by Crippen LogP contribution is 2.41. The van der Waals surface area contributed by atoms with E-state index in [0.717, 1.165) is 32.6 Å². The fourth-order valence-electron chi connectivity index (χ4n) is 3.13. The van der Waals surface area contributed by atoms with Gasteiger partial charge in [-0.05, 0) is 50.1 Å². The summed E-state index contributed by atoms with van der Waals surface area (Å²) in [5.41, 5.74) is 0.145. The van der Waals surface area contributed by atoms with Crippen LogP contribution in [0, 0.1) is 22.7 Å². The van der Waals surface area contributed by atoms with Gasteiger partial charge in [-0.2, -0.15) is 5.26 Å². The zero-order valence-electron chi connectivity index (χ0n) is 12.1. The van der Waals surface area contributed by atoms with E-state index < -0.39 is 0 Å². The molecule has 3 nitrogen and oxygen atoms in total. The highest BCUT2D eigenvalue weighted by atomic mass is 15.2. The third kappa shape index (κ3) is 3.05. The number of nitrogens with one attached hydrogen (secondary N) is 1. The third-order valence-electron chi connectivity index (χ3n) is 4.39. The van der Waals surface area contributed by atoms with Gasteiger partial charge in [-0.25, -0.2) is 0 Å². The Bertz CT molecular complexity index is 327. The molecule has 18 heavy (non-hydrogen) atoms. The van der Waals surface area contributed by atoms with Crippen LogP contribution < -0.4 is 5.32 Å². The van der Waals surface area contributed by atoms with Crippen molar-refractivity contribution in [3.05, 3.63) is 0 Å². The highest BCUT2D eigenvalue weighted by Gasteiger charge is 2.47. The maximum absolute atomic E-state index is 9.66. The van der Waals surface area contributed by atoms with Gasteiger partial charge in [-0.15, -0.1) is 0 Å². The lowest BCUT2D eigenvalue weighted by molar-refractivity contribution is 0.211. The fraction of sp³-hybridized carbons (Fsp3) is 0.933. The van der Waals surface area contributed by atoms with Crippen molar-refractivity contribution in [2.45, 2.75) is 52.0 Å². The van der Waals surface area contributed by atoms with Crippen LogP contribution in [0.25, 0.3) is 0 Å². The predicted octanol–water partition coefficient (Wildman–Crippen LogP) is 2.39. The summed E-state index contributed by atoms with van der Waals surface area (Å²) < 4.78 is 0. The van der Waals surface area contributed by atoms with E-state index in [1.54, 1.807) is 0 Å². The van der Waals surface area contributed by atoms with Gasteiger partial charge in [0.05, 0.1) is 6.07 Å². The van der Waals surface area contributed by atoms with Gasteiger partial charge in [0.15, 0.2) is 0 Å². The van der Waals surface area contributed by atoms with Crippen LogP contribution >= 0.6 is 0 Å². The summed E-state index contributed by atoms with van der Waals surface area (Å²) in [6.07, 6.45) is 4.80. The van der Waals surface area contributed by atoms with E-state index in [-0.39, 0.29) is 5.54 Å². The van der Waals surface area contributed by atoms with Crippen molar-refractivity contribution in [1.82, 2.24) is 10.2 Å². The minimum absolute atomic E-state index is 0.281. The van der Waals surface area contributed by atoms with Gasteiger partial charge in [-0.1, -0.05) is 20.8 Å². The van der Waals surface area contributed by atoms with Crippen LogP contribution in [0.15, 0.2) is 0 Å². The Balaban J connectivity index is 1.99. The number of likely N-dealkylation sites (tertiary alicyclic amines) is 1. The average Bonchev–Trinajstić information content (AvgIpc) is 3.11. The zero-order chi connectivity index (χ0) is 13.2. The van der Waals surface area contributed by atoms with Crippen molar-refractivity contribution in [2.75, 3.05) is 26.2 Å². The zero-order valence-corrected chi connectivity index (χ0v) is 12.1. The molecular formula is C15H27N3. The van der Waals surface area contributed by atoms with Crippen molar-refractivity contribution >= 4 is 0 Å². The average molecular weight is 249 g/mol. The van der Waals surface area contributed by atoms with Crippen LogP contribution in [0.2, 0.25) is 0 Å². The van der Waals surface area contributed by atoms with Crippen LogP contribution in [0.1, 0.15) is 46.5 Å². The molecule has 102 valence electrons. The Kier molecular flexibility index (Phi) is 3.99. The van der Waals surface area contributed by atoms with Crippen LogP contribution in [-0.2, 0) is 0 Å². The number of hydrogen-bond donors (Lipinski definition) is 1. The molecule has 0 spiro atoms. The van der Waals surface area contributed by atoms with E-state index >= 15 is 0 Å². The minimum atomic E-state index is -0.281. The first-order chi connectivity index (χ1) is 8.51. The molecule has 0 aromatic carbocycles. The molecule has 1 aliphatic heterocycles. The molecule has 1 saturated carbocycles. The Labute approximate surface area is 112 Å². The first-order valence-electron chi connectivity index (χ1n) is 7.40. The van der Waals surface area contributed by atoms with Gasteiger partial charge < -0.3 is 0 Å². The molecule has 0 aromatic rings. The second-order valence-corrected chi connectivity index (χ2v) is 6.91. The summed E-state index contributed by atoms with van der Waals surface area (Å²) in [6, 6.07) is 2.61. The van der Waals surface area contributed by atoms with E-state index in [1.807, 2.05) is 0 Å². The van der Waals surface area contributed by atoms with Crippen LogP contribution in [-0.4, -0.2) is 36.6 Å². The summed E-state index contributed by atoms with van der Waals surface area (Å²) in [7, 11) is 0. The summed E-state index contributed by atoms with van der Waals surface area (Å²) in [5, 5.41) is 13.2. The van der Waals surface area contributed by atoms with Gasteiger partial charge in [-0.3, -0.25) is 10.2 Å². The van der Waals surface area contributed by atoms with Crippen molar-refractivity contribution in [3.63, 3.8) is 0 Å². The second-order valence-electron chi connectivity index (χ2n) is 6.91. The van der Waals surface area contributed by atoms with Gasteiger partial charge >= 0.3 is 0 Å². The van der Waals surface area contributed by atoms with Crippen LogP contribution in [0.4, 0.5) is 0 Å². The van der Waals surface area contributed by atoms with Crippen molar-refractivity contribution in [1.29, 1.82) is 5.26 Å². The molecule has 0 radical (unpaired) electrons. The smallest absolute Gasteiger partial charge is 0.122 e. The molecule has 0 amide bonds. The lowest BCUT2D eigenvalue weighted by atomic mass is 9.92. The van der Waals surface area contributed by atoms with Gasteiger partial charge in [0.2, 0.25) is 0 Å². The van der Waals surface area contributed by atoms with Crippen LogP contribution in [0.5, 0.6) is 0 Å². The van der Waals surface area contributed by atoms with Crippen LogP contribution in [0.3, 0.4) is 0 Å². The largest absolute Gasteiger partial charge is 0.300 e. The first kappa shape index (κ1) is 13.8. The van der Waals surface area contributed by atoms with E-state index in [0.29, 0.717) is 11.3 Å². The standard InChI is InChI=1S/C15H27N3/c1-4-8-17-15(10-16,13-5-6-13)12-18-9-7-14(2,3)11-18/h13,17H,4-9,11-12H2,1-3H3. The topological polar surface area (TPSA) is 39.1 Å². The second kappa shape index (κ2) is 5.19. The maximum atomic E-state index is 9.66. The summed E-state index contributed by atoms with van der Waals surface area (Å²) in [4.78, 5) is 2.49. The number of nitriles is 1. The molecule has 1 N–H and O–H groups in total. The Morgan fingerprint density at radius 3 is 2.61 bits per heavy atom. The molecule has 1 heterocycles. The van der Waals surface area contributed by atoms with Crippen molar-refractivity contribution in [2.24, 2.45) is 11.3 Å². The summed E-state index contributed by atoms with van der Waals surface area (Å²) in [6.45, 7) is 11.0. The molecule has 1 unspecified atom stereocenters. The summed E-state index contributed by atoms with van der Waals surface area (Å²) in [5.74, 6) is 0.581. The minimum Gasteiger partial charge on any atom is -0.300 e. The number of rotatable bonds is 6. The maximum Gasteiger partial charge on any atom is 0.122 e. The van der Waals surface area contributed by atoms with Gasteiger partial charge in [0, 0.05) is 13.1 Å². The van der Waals surface area contributed by atoms with E-state index in [4.69, 9.17) is 0 Å². The molecule has 1 aliphatic carbocycles. The molecule has 1 saturated heterocycles. The molecule has 2 aliphatic rings. The Morgan fingerprint density at radius 2 is 2.17 bits per heavy atom. The molecular weight excluding hydrogens is 222 g/mol. The molecule has 0 bridgehead atoms. The monoisotopic (exact) mass is 249 g/mol. The van der Waals surface area contributed by atoms with Crippen molar-refractivity contribution < 1.29 is 0 Å². The number of nitrogens with zero attached hydrogens (tertiary/aromatic N) is 2. The van der Waals surface area contributed by atoms with E-state index in [2.05, 4.69) is 37.1 Å². The third-order valence-corrected chi connectivity index (χ3v) is 4.39. The Morgan fingerprint density at radius 1 is 1.44 bits per heavy atom. The lowest BCUT2D eigenvalue weighted by Crippen LogP contribution is -2.54. The molecule has 3 heteroatoms. The lowest BCUT2D eigenvalue weighted by Gasteiger charge is -2.33. The van der Waals surface area contributed by atoms with Crippen molar-refractivity contribution in [3.8, 4) is 6.07 Å². The molecule has 0 aromatic heterocycles. The quantitative estimate of drug-likeness (QED) is 0.785. The van der Waals surface area contributed by atoms with E-state index in [9.17, 15) is 5.26 Å². The fourth-order valence-corrected chi connectivity index (χ4v) is 3.13. The predicted molar refractivity (Wildman–Crippen MR) is 74.2 cm³/mol. The first-order valence-corrected chi connectivity index (χ1v) is 7.40. The Hall–Kier alpha value is -0.590. The molecule has 2 fully saturated rings. The SMILES string of the molecule is CCCNC(C#N)(CN1CCC(C)(C)C1)C1CC1.